The zero-order chi connectivity index (χ0) is 10.1. The minimum Gasteiger partial charge on any atom is -0.359 e. The molecular weight excluding hydrogens is 293 g/mol. The van der Waals surface area contributed by atoms with E-state index >= 15 is 0 Å². The number of aromatic amines is 1. The molecule has 2 heterocycles. The molecule has 0 saturated carbocycles. The Hall–Kier alpha value is -1.42. The fraction of sp³-hybridized carbons (Fsp3) is 0. The lowest BCUT2D eigenvalue weighted by molar-refractivity contribution is 1.28. The van der Waals surface area contributed by atoms with Crippen molar-refractivity contribution >= 4 is 33.5 Å². The number of hydrogen-bond acceptors (Lipinski definition) is 3. The van der Waals surface area contributed by atoms with E-state index in [2.05, 4.69) is 32.6 Å². The summed E-state index contributed by atoms with van der Waals surface area (Å²) in [6, 6.07) is 1.83. The number of halogens is 1. The van der Waals surface area contributed by atoms with Crippen LogP contribution in [0.3, 0.4) is 0 Å². The van der Waals surface area contributed by atoms with Gasteiger partial charge >= 0.3 is 0 Å². The molecular formula is C9H4IN3O. The van der Waals surface area contributed by atoms with Gasteiger partial charge in [-0.05, 0) is 22.6 Å². The van der Waals surface area contributed by atoms with Crippen molar-refractivity contribution in [2.24, 2.45) is 0 Å². The van der Waals surface area contributed by atoms with E-state index in [0.717, 1.165) is 9.09 Å². The van der Waals surface area contributed by atoms with Gasteiger partial charge in [0.25, 0.3) is 0 Å². The van der Waals surface area contributed by atoms with Crippen LogP contribution in [-0.4, -0.2) is 9.97 Å². The first-order valence-corrected chi connectivity index (χ1v) is 4.87. The molecule has 0 fully saturated rings. The predicted octanol–water partition coefficient (Wildman–Crippen LogP) is 1.40. The van der Waals surface area contributed by atoms with Gasteiger partial charge in [-0.15, -0.1) is 0 Å². The number of nitrogens with one attached hydrogen (secondary N) is 1. The summed E-state index contributed by atoms with van der Waals surface area (Å²) < 4.78 is 0.863. The van der Waals surface area contributed by atoms with Crippen molar-refractivity contribution < 1.29 is 0 Å². The third kappa shape index (κ3) is 1.28. The fourth-order valence-corrected chi connectivity index (χ4v) is 1.80. The number of H-pyrrole nitrogens is 1. The van der Waals surface area contributed by atoms with Crippen LogP contribution in [0, 0.1) is 14.9 Å². The van der Waals surface area contributed by atoms with Gasteiger partial charge in [-0.3, -0.25) is 9.78 Å². The summed E-state index contributed by atoms with van der Waals surface area (Å²) in [6.07, 6.45) is 4.55. The van der Waals surface area contributed by atoms with Gasteiger partial charge in [0.05, 0.1) is 14.5 Å². The second kappa shape index (κ2) is 3.38. The van der Waals surface area contributed by atoms with Crippen molar-refractivity contribution in [3.05, 3.63) is 37.9 Å². The number of aromatic nitrogens is 2. The van der Waals surface area contributed by atoms with Gasteiger partial charge in [0.1, 0.15) is 11.6 Å². The molecule has 2 rings (SSSR count). The lowest BCUT2D eigenvalue weighted by Crippen LogP contribution is -2.08. The van der Waals surface area contributed by atoms with Crippen LogP contribution >= 0.6 is 22.6 Å². The van der Waals surface area contributed by atoms with E-state index in [0.29, 0.717) is 5.39 Å². The van der Waals surface area contributed by atoms with E-state index in [1.165, 1.54) is 12.4 Å². The first-order valence-electron chi connectivity index (χ1n) is 3.79. The van der Waals surface area contributed by atoms with E-state index in [-0.39, 0.29) is 11.0 Å². The van der Waals surface area contributed by atoms with E-state index in [1.54, 1.807) is 6.20 Å². The molecule has 0 radical (unpaired) electrons. The van der Waals surface area contributed by atoms with Gasteiger partial charge < -0.3 is 4.98 Å². The van der Waals surface area contributed by atoms with Crippen molar-refractivity contribution in [1.29, 1.82) is 5.26 Å². The molecule has 0 bridgehead atoms. The zero-order valence-corrected chi connectivity index (χ0v) is 9.07. The van der Waals surface area contributed by atoms with Crippen LogP contribution in [0.2, 0.25) is 0 Å². The van der Waals surface area contributed by atoms with Gasteiger partial charge in [0.15, 0.2) is 0 Å². The Labute approximate surface area is 92.7 Å². The minimum absolute atomic E-state index is 0.112. The molecule has 0 amide bonds. The Bertz CT molecular complexity index is 597. The first kappa shape index (κ1) is 9.15. The Morgan fingerprint density at radius 2 is 2.29 bits per heavy atom. The highest BCUT2D eigenvalue weighted by molar-refractivity contribution is 14.1. The molecule has 4 nitrogen and oxygen atoms in total. The lowest BCUT2D eigenvalue weighted by Gasteiger charge is -1.98. The van der Waals surface area contributed by atoms with E-state index < -0.39 is 0 Å². The molecule has 0 aliphatic carbocycles. The SMILES string of the molecule is N#Cc1c[nH]c2c(I)cncc2c1=O. The summed E-state index contributed by atoms with van der Waals surface area (Å²) >= 11 is 2.08. The van der Waals surface area contributed by atoms with Gasteiger partial charge in [-0.1, -0.05) is 0 Å². The number of nitriles is 1. The molecule has 0 aliphatic heterocycles. The quantitative estimate of drug-likeness (QED) is 0.747. The van der Waals surface area contributed by atoms with Gasteiger partial charge in [0.2, 0.25) is 5.43 Å². The van der Waals surface area contributed by atoms with Crippen LogP contribution in [0.5, 0.6) is 0 Å². The van der Waals surface area contributed by atoms with Gasteiger partial charge in [0, 0.05) is 18.6 Å². The molecule has 14 heavy (non-hydrogen) atoms. The summed E-state index contributed by atoms with van der Waals surface area (Å²) in [6.45, 7) is 0. The van der Waals surface area contributed by atoms with Crippen molar-refractivity contribution in [1.82, 2.24) is 9.97 Å². The highest BCUT2D eigenvalue weighted by atomic mass is 127. The van der Waals surface area contributed by atoms with Crippen LogP contribution in [0.25, 0.3) is 10.9 Å². The summed E-state index contributed by atoms with van der Waals surface area (Å²) in [7, 11) is 0. The van der Waals surface area contributed by atoms with E-state index in [1.807, 2.05) is 6.07 Å². The van der Waals surface area contributed by atoms with Crippen LogP contribution < -0.4 is 5.43 Å². The molecule has 2 aromatic heterocycles. The molecule has 0 spiro atoms. The number of fused-ring (bicyclic) bond motifs is 1. The Morgan fingerprint density at radius 3 is 3.00 bits per heavy atom. The maximum atomic E-state index is 11.6. The van der Waals surface area contributed by atoms with E-state index in [4.69, 9.17) is 5.26 Å². The molecule has 0 unspecified atom stereocenters. The average molecular weight is 297 g/mol. The fourth-order valence-electron chi connectivity index (χ4n) is 1.19. The summed E-state index contributed by atoms with van der Waals surface area (Å²) in [4.78, 5) is 18.4. The Balaban J connectivity index is 3.00. The highest BCUT2D eigenvalue weighted by Gasteiger charge is 2.06. The minimum atomic E-state index is -0.271. The van der Waals surface area contributed by atoms with Crippen molar-refractivity contribution in [2.45, 2.75) is 0 Å². The van der Waals surface area contributed by atoms with E-state index in [9.17, 15) is 4.79 Å². The third-order valence-electron chi connectivity index (χ3n) is 1.87. The maximum Gasteiger partial charge on any atom is 0.208 e. The van der Waals surface area contributed by atoms with Crippen molar-refractivity contribution in [3.8, 4) is 6.07 Å². The van der Waals surface area contributed by atoms with Gasteiger partial charge in [-0.2, -0.15) is 5.26 Å². The molecule has 2 aromatic rings. The van der Waals surface area contributed by atoms with Crippen LogP contribution in [-0.2, 0) is 0 Å². The Kier molecular flexibility index (Phi) is 2.21. The molecule has 0 aromatic carbocycles. The average Bonchev–Trinajstić information content (AvgIpc) is 2.20. The number of nitrogens with zero attached hydrogens (tertiary/aromatic N) is 2. The molecule has 5 heteroatoms. The summed E-state index contributed by atoms with van der Waals surface area (Å²) in [5.41, 5.74) is 0.568. The summed E-state index contributed by atoms with van der Waals surface area (Å²) in [5, 5.41) is 9.11. The van der Waals surface area contributed by atoms with Gasteiger partial charge in [-0.25, -0.2) is 0 Å². The molecule has 0 aliphatic rings. The standard InChI is InChI=1S/C9H4IN3O/c10-7-4-12-3-6-8(7)13-2-5(1-11)9(6)14/h2-4H,(H,13,14). The monoisotopic (exact) mass is 297 g/mol. The number of pyridine rings is 2. The summed E-state index contributed by atoms with van der Waals surface area (Å²) in [5.74, 6) is 0. The number of hydrogen-bond donors (Lipinski definition) is 1. The third-order valence-corrected chi connectivity index (χ3v) is 2.69. The highest BCUT2D eigenvalue weighted by Crippen LogP contribution is 2.13. The van der Waals surface area contributed by atoms with Crippen LogP contribution in [0.4, 0.5) is 0 Å². The maximum absolute atomic E-state index is 11.6. The topological polar surface area (TPSA) is 69.5 Å². The van der Waals surface area contributed by atoms with Crippen LogP contribution in [0.1, 0.15) is 5.56 Å². The molecule has 1 N–H and O–H groups in total. The lowest BCUT2D eigenvalue weighted by atomic mass is 10.2. The largest absolute Gasteiger partial charge is 0.359 e. The molecule has 68 valence electrons. The van der Waals surface area contributed by atoms with Crippen molar-refractivity contribution in [3.63, 3.8) is 0 Å². The Morgan fingerprint density at radius 1 is 1.50 bits per heavy atom. The first-order chi connectivity index (χ1) is 6.74. The number of rotatable bonds is 0. The predicted molar refractivity (Wildman–Crippen MR) is 59.8 cm³/mol. The smallest absolute Gasteiger partial charge is 0.208 e. The zero-order valence-electron chi connectivity index (χ0n) is 6.91. The second-order valence-electron chi connectivity index (χ2n) is 2.69. The van der Waals surface area contributed by atoms with Crippen molar-refractivity contribution in [2.75, 3.05) is 0 Å². The normalized spacial score (nSPS) is 10.0. The molecule has 0 atom stereocenters. The van der Waals surface area contributed by atoms with Crippen LogP contribution in [0.15, 0.2) is 23.4 Å². The second-order valence-corrected chi connectivity index (χ2v) is 3.85. The molecule has 0 saturated heterocycles.